The van der Waals surface area contributed by atoms with Crippen molar-refractivity contribution in [3.8, 4) is 5.75 Å². The summed E-state index contributed by atoms with van der Waals surface area (Å²) in [4.78, 5) is 10.6. The van der Waals surface area contributed by atoms with E-state index in [1.54, 1.807) is 24.3 Å². The van der Waals surface area contributed by atoms with Gasteiger partial charge in [0.2, 0.25) is 6.41 Å². The normalized spacial score (nSPS) is 26.6. The third-order valence-electron chi connectivity index (χ3n) is 2.89. The summed E-state index contributed by atoms with van der Waals surface area (Å²) in [6, 6.07) is 6.51. The highest BCUT2D eigenvalue weighted by molar-refractivity contribution is 5.47. The first-order valence-electron chi connectivity index (χ1n) is 5.82. The van der Waals surface area contributed by atoms with Crippen LogP contribution in [0.25, 0.3) is 0 Å². The number of rotatable bonds is 3. The molecule has 0 spiro atoms. The van der Waals surface area contributed by atoms with Crippen LogP contribution in [0.2, 0.25) is 0 Å². The molecular weight excluding hydrogens is 234 g/mol. The van der Waals surface area contributed by atoms with E-state index in [4.69, 9.17) is 9.47 Å². The maximum atomic E-state index is 10.6. The number of aromatic hydroxyl groups is 1. The zero-order chi connectivity index (χ0) is 13.2. The minimum Gasteiger partial charge on any atom is -0.508 e. The zero-order valence-electron chi connectivity index (χ0n) is 10.4. The van der Waals surface area contributed by atoms with Crippen molar-refractivity contribution in [1.82, 2.24) is 5.32 Å². The summed E-state index contributed by atoms with van der Waals surface area (Å²) in [5, 5.41) is 12.0. The fourth-order valence-electron chi connectivity index (χ4n) is 1.99. The van der Waals surface area contributed by atoms with E-state index in [0.29, 0.717) is 13.0 Å². The zero-order valence-corrected chi connectivity index (χ0v) is 10.4. The highest BCUT2D eigenvalue weighted by atomic mass is 16.7. The van der Waals surface area contributed by atoms with Crippen LogP contribution in [0.3, 0.4) is 0 Å². The molecule has 1 saturated heterocycles. The Morgan fingerprint density at radius 1 is 1.39 bits per heavy atom. The molecule has 98 valence electrons. The topological polar surface area (TPSA) is 67.8 Å². The van der Waals surface area contributed by atoms with Crippen molar-refractivity contribution in [1.29, 1.82) is 0 Å². The van der Waals surface area contributed by atoms with Crippen LogP contribution in [-0.2, 0) is 14.3 Å². The molecule has 1 aromatic carbocycles. The highest BCUT2D eigenvalue weighted by Crippen LogP contribution is 2.33. The van der Waals surface area contributed by atoms with Crippen molar-refractivity contribution in [2.45, 2.75) is 31.8 Å². The van der Waals surface area contributed by atoms with Crippen LogP contribution in [0.15, 0.2) is 24.3 Å². The number of carbonyl (C=O) groups is 1. The second-order valence-corrected chi connectivity index (χ2v) is 4.73. The first-order chi connectivity index (χ1) is 8.52. The average Bonchev–Trinajstić information content (AvgIpc) is 2.32. The molecule has 1 amide bonds. The Labute approximate surface area is 106 Å². The predicted molar refractivity (Wildman–Crippen MR) is 65.0 cm³/mol. The van der Waals surface area contributed by atoms with E-state index in [1.165, 1.54) is 0 Å². The minimum atomic E-state index is -0.691. The Morgan fingerprint density at radius 2 is 2.06 bits per heavy atom. The number of hydrogen-bond acceptors (Lipinski definition) is 4. The first-order valence-corrected chi connectivity index (χ1v) is 5.82. The van der Waals surface area contributed by atoms with E-state index in [-0.39, 0.29) is 17.9 Å². The molecule has 0 saturated carbocycles. The molecule has 5 heteroatoms. The van der Waals surface area contributed by atoms with Gasteiger partial charge in [-0.3, -0.25) is 4.79 Å². The molecule has 0 bridgehead atoms. The van der Waals surface area contributed by atoms with Gasteiger partial charge < -0.3 is 19.9 Å². The maximum absolute atomic E-state index is 10.6. The van der Waals surface area contributed by atoms with Gasteiger partial charge in [0.1, 0.15) is 11.9 Å². The van der Waals surface area contributed by atoms with E-state index in [1.807, 2.05) is 13.8 Å². The number of benzene rings is 1. The molecule has 0 aliphatic carbocycles. The Balaban J connectivity index is 2.23. The summed E-state index contributed by atoms with van der Waals surface area (Å²) < 4.78 is 11.4. The summed E-state index contributed by atoms with van der Waals surface area (Å²) >= 11 is 0. The van der Waals surface area contributed by atoms with Crippen LogP contribution in [-0.4, -0.2) is 30.0 Å². The summed E-state index contributed by atoms with van der Waals surface area (Å²) in [6.45, 7) is 4.05. The summed E-state index contributed by atoms with van der Waals surface area (Å²) in [5.41, 5.74) is 0.892. The SMILES string of the molecule is CC1(C)OC[C@H](NC=O)[C@H](c2ccc(O)cc2)O1. The lowest BCUT2D eigenvalue weighted by molar-refractivity contribution is -0.284. The fraction of sp³-hybridized carbons (Fsp3) is 0.462. The Morgan fingerprint density at radius 3 is 2.67 bits per heavy atom. The lowest BCUT2D eigenvalue weighted by Crippen LogP contribution is -2.50. The molecule has 5 nitrogen and oxygen atoms in total. The molecular formula is C13H17NO4. The largest absolute Gasteiger partial charge is 0.508 e. The quantitative estimate of drug-likeness (QED) is 0.795. The average molecular weight is 251 g/mol. The van der Waals surface area contributed by atoms with E-state index in [0.717, 1.165) is 5.56 Å². The maximum Gasteiger partial charge on any atom is 0.207 e. The van der Waals surface area contributed by atoms with E-state index in [2.05, 4.69) is 5.32 Å². The third-order valence-corrected chi connectivity index (χ3v) is 2.89. The fourth-order valence-corrected chi connectivity index (χ4v) is 1.99. The van der Waals surface area contributed by atoms with E-state index >= 15 is 0 Å². The van der Waals surface area contributed by atoms with Crippen LogP contribution in [0.1, 0.15) is 25.5 Å². The Hall–Kier alpha value is -1.59. The lowest BCUT2D eigenvalue weighted by atomic mass is 10.0. The van der Waals surface area contributed by atoms with Gasteiger partial charge >= 0.3 is 0 Å². The number of carbonyl (C=O) groups excluding carboxylic acids is 1. The number of phenols is 1. The number of ether oxygens (including phenoxy) is 2. The van der Waals surface area contributed by atoms with E-state index < -0.39 is 5.79 Å². The Bertz CT molecular complexity index is 416. The van der Waals surface area contributed by atoms with Gasteiger partial charge in [0.25, 0.3) is 0 Å². The van der Waals surface area contributed by atoms with Crippen molar-refractivity contribution in [2.75, 3.05) is 6.61 Å². The number of nitrogens with one attached hydrogen (secondary N) is 1. The Kier molecular flexibility index (Phi) is 3.54. The van der Waals surface area contributed by atoms with Crippen LogP contribution in [0.4, 0.5) is 0 Å². The number of amides is 1. The van der Waals surface area contributed by atoms with Crippen molar-refractivity contribution in [3.63, 3.8) is 0 Å². The summed E-state index contributed by atoms with van der Waals surface area (Å²) in [6.07, 6.45) is 0.350. The lowest BCUT2D eigenvalue weighted by Gasteiger charge is -2.41. The van der Waals surface area contributed by atoms with Gasteiger partial charge in [-0.2, -0.15) is 0 Å². The van der Waals surface area contributed by atoms with Crippen LogP contribution >= 0.6 is 0 Å². The summed E-state index contributed by atoms with van der Waals surface area (Å²) in [7, 11) is 0. The van der Waals surface area contributed by atoms with Crippen LogP contribution in [0.5, 0.6) is 5.75 Å². The second kappa shape index (κ2) is 4.96. The van der Waals surface area contributed by atoms with Crippen LogP contribution in [0, 0.1) is 0 Å². The minimum absolute atomic E-state index is 0.199. The predicted octanol–water partition coefficient (Wildman–Crippen LogP) is 1.33. The third kappa shape index (κ3) is 2.80. The van der Waals surface area contributed by atoms with Gasteiger partial charge in [-0.05, 0) is 31.5 Å². The van der Waals surface area contributed by atoms with Gasteiger partial charge in [0.05, 0.1) is 12.6 Å². The van der Waals surface area contributed by atoms with Gasteiger partial charge in [-0.1, -0.05) is 12.1 Å². The second-order valence-electron chi connectivity index (χ2n) is 4.73. The van der Waals surface area contributed by atoms with Gasteiger partial charge in [-0.15, -0.1) is 0 Å². The molecule has 1 aliphatic heterocycles. The van der Waals surface area contributed by atoms with E-state index in [9.17, 15) is 9.90 Å². The molecule has 2 atom stereocenters. The number of hydrogen-bond donors (Lipinski definition) is 2. The number of phenolic OH excluding ortho intramolecular Hbond substituents is 1. The van der Waals surface area contributed by atoms with Gasteiger partial charge in [-0.25, -0.2) is 0 Å². The summed E-state index contributed by atoms with van der Waals surface area (Å²) in [5.74, 6) is -0.492. The highest BCUT2D eigenvalue weighted by Gasteiger charge is 2.37. The smallest absolute Gasteiger partial charge is 0.207 e. The molecule has 0 unspecified atom stereocenters. The monoisotopic (exact) mass is 251 g/mol. The molecule has 1 heterocycles. The molecule has 2 rings (SSSR count). The molecule has 1 aromatic rings. The van der Waals surface area contributed by atoms with Crippen LogP contribution < -0.4 is 5.32 Å². The van der Waals surface area contributed by atoms with Crippen molar-refractivity contribution in [2.24, 2.45) is 0 Å². The molecule has 1 aliphatic rings. The van der Waals surface area contributed by atoms with Crippen molar-refractivity contribution < 1.29 is 19.4 Å². The molecule has 0 aromatic heterocycles. The molecule has 0 radical (unpaired) electrons. The van der Waals surface area contributed by atoms with Gasteiger partial charge in [0, 0.05) is 0 Å². The molecule has 1 fully saturated rings. The molecule has 18 heavy (non-hydrogen) atoms. The standard InChI is InChI=1S/C13H17NO4/c1-13(2)17-7-11(14-8-15)12(18-13)9-3-5-10(16)6-4-9/h3-6,8,11-12,16H,7H2,1-2H3,(H,14,15)/t11-,12-/m0/s1. The first kappa shape index (κ1) is 12.9. The van der Waals surface area contributed by atoms with Gasteiger partial charge in [0.15, 0.2) is 5.79 Å². The van der Waals surface area contributed by atoms with Crippen molar-refractivity contribution in [3.05, 3.63) is 29.8 Å². The van der Waals surface area contributed by atoms with Crippen molar-refractivity contribution >= 4 is 6.41 Å². The molecule has 2 N–H and O–H groups in total.